The first kappa shape index (κ1) is 37.5. The van der Waals surface area contributed by atoms with Crippen LogP contribution in [-0.4, -0.2) is 102 Å². The number of carbonyl (C=O) groups excluding carboxylic acids is 5. The number of nitriles is 1. The van der Waals surface area contributed by atoms with Gasteiger partial charge in [-0.25, -0.2) is 0 Å². The standard InChI is InChI=1S/C42H45ClN8O5/c1-47(34-9-4-27(21-44)36(43)20-34)32-10-5-31(6-11-32)45-40(54)26-2-7-33(8-3-26)49-16-14-48(15-17-49)25-39(53)50-22-28-18-30-24-51(37-12-13-38(52)46-41(37)55)42(56)35(30)19-29(28)23-50/h2-4,7-9,18-20,31-32,37H,5-6,10-17,22-25H2,1H3,(H,45,54)(H,46,52,55)/t31-,32-,37-/m0/s1. The van der Waals surface area contributed by atoms with E-state index in [9.17, 15) is 29.2 Å². The van der Waals surface area contributed by atoms with Gasteiger partial charge in [-0.2, -0.15) is 5.26 Å². The number of piperazine rings is 1. The molecule has 2 N–H and O–H groups in total. The largest absolute Gasteiger partial charge is 0.372 e. The topological polar surface area (TPSA) is 149 Å². The summed E-state index contributed by atoms with van der Waals surface area (Å²) in [5, 5.41) is 15.2. The molecule has 1 saturated carbocycles. The first-order valence-electron chi connectivity index (χ1n) is 19.4. The maximum atomic E-state index is 13.4. The zero-order valence-electron chi connectivity index (χ0n) is 31.4. The summed E-state index contributed by atoms with van der Waals surface area (Å²) in [6.45, 7) is 4.59. The monoisotopic (exact) mass is 776 g/mol. The van der Waals surface area contributed by atoms with Crippen molar-refractivity contribution in [2.45, 2.75) is 76.3 Å². The zero-order valence-corrected chi connectivity index (χ0v) is 32.2. The van der Waals surface area contributed by atoms with Crippen LogP contribution in [0.15, 0.2) is 54.6 Å². The zero-order chi connectivity index (χ0) is 39.1. The number of hydrogen-bond acceptors (Lipinski definition) is 9. The fraction of sp³-hybridized carbons (Fsp3) is 0.429. The molecular weight excluding hydrogens is 732 g/mol. The Balaban J connectivity index is 0.770. The minimum Gasteiger partial charge on any atom is -0.372 e. The molecule has 0 aromatic heterocycles. The molecule has 0 unspecified atom stereocenters. The number of hydrogen-bond donors (Lipinski definition) is 2. The number of halogens is 1. The first-order valence-corrected chi connectivity index (χ1v) is 19.8. The molecule has 3 aromatic rings. The van der Waals surface area contributed by atoms with E-state index in [2.05, 4.69) is 38.5 Å². The van der Waals surface area contributed by atoms with Crippen LogP contribution in [0.1, 0.15) is 81.5 Å². The van der Waals surface area contributed by atoms with E-state index in [4.69, 9.17) is 11.6 Å². The Morgan fingerprint density at radius 3 is 2.29 bits per heavy atom. The van der Waals surface area contributed by atoms with Crippen molar-refractivity contribution in [3.8, 4) is 6.07 Å². The maximum Gasteiger partial charge on any atom is 0.255 e. The number of amides is 5. The molecule has 290 valence electrons. The molecule has 14 heteroatoms. The lowest BCUT2D eigenvalue weighted by molar-refractivity contribution is -0.137. The van der Waals surface area contributed by atoms with E-state index >= 15 is 0 Å². The third-order valence-corrected chi connectivity index (χ3v) is 12.5. The summed E-state index contributed by atoms with van der Waals surface area (Å²) >= 11 is 6.26. The Hall–Kier alpha value is -5.45. The number of nitrogens with one attached hydrogen (secondary N) is 2. The Morgan fingerprint density at radius 2 is 1.61 bits per heavy atom. The fourth-order valence-electron chi connectivity index (χ4n) is 8.83. The van der Waals surface area contributed by atoms with E-state index in [1.807, 2.05) is 53.4 Å². The van der Waals surface area contributed by atoms with Crippen LogP contribution in [0.5, 0.6) is 0 Å². The molecular formula is C42H45ClN8O5. The lowest BCUT2D eigenvalue weighted by Crippen LogP contribution is -2.52. The normalized spacial score (nSPS) is 22.3. The average Bonchev–Trinajstić information content (AvgIpc) is 3.77. The second-order valence-electron chi connectivity index (χ2n) is 15.6. The van der Waals surface area contributed by atoms with Crippen molar-refractivity contribution in [1.82, 2.24) is 25.3 Å². The minimum atomic E-state index is -0.647. The summed E-state index contributed by atoms with van der Waals surface area (Å²) in [5.74, 6) is -0.944. The van der Waals surface area contributed by atoms with Gasteiger partial charge in [0.05, 0.1) is 17.1 Å². The molecule has 3 aromatic carbocycles. The van der Waals surface area contributed by atoms with Crippen LogP contribution in [0.25, 0.3) is 0 Å². The van der Waals surface area contributed by atoms with Gasteiger partial charge in [-0.15, -0.1) is 0 Å². The summed E-state index contributed by atoms with van der Waals surface area (Å²) in [4.78, 5) is 74.0. The van der Waals surface area contributed by atoms with E-state index in [-0.39, 0.29) is 36.1 Å². The smallest absolute Gasteiger partial charge is 0.255 e. The van der Waals surface area contributed by atoms with Crippen LogP contribution >= 0.6 is 11.6 Å². The highest BCUT2D eigenvalue weighted by Gasteiger charge is 2.40. The molecule has 0 spiro atoms. The molecule has 1 atom stereocenters. The van der Waals surface area contributed by atoms with Crippen molar-refractivity contribution < 1.29 is 24.0 Å². The molecule has 0 radical (unpaired) electrons. The van der Waals surface area contributed by atoms with Crippen LogP contribution in [0.4, 0.5) is 11.4 Å². The van der Waals surface area contributed by atoms with E-state index in [0.717, 1.165) is 79.9 Å². The highest BCUT2D eigenvalue weighted by molar-refractivity contribution is 6.32. The van der Waals surface area contributed by atoms with E-state index in [1.165, 1.54) is 0 Å². The Morgan fingerprint density at radius 1 is 0.893 bits per heavy atom. The van der Waals surface area contributed by atoms with E-state index in [0.29, 0.717) is 60.4 Å². The third kappa shape index (κ3) is 7.55. The van der Waals surface area contributed by atoms with Crippen LogP contribution in [0.2, 0.25) is 5.02 Å². The molecule has 4 heterocycles. The molecule has 8 rings (SSSR count). The molecule has 13 nitrogen and oxygen atoms in total. The van der Waals surface area contributed by atoms with Gasteiger partial charge >= 0.3 is 0 Å². The third-order valence-electron chi connectivity index (χ3n) is 12.2. The number of nitrogens with zero attached hydrogens (tertiary/aromatic N) is 6. The quantitative estimate of drug-likeness (QED) is 0.326. The summed E-state index contributed by atoms with van der Waals surface area (Å²) in [6, 6.07) is 19.1. The van der Waals surface area contributed by atoms with Crippen molar-refractivity contribution in [2.75, 3.05) is 49.6 Å². The average molecular weight is 777 g/mol. The van der Waals surface area contributed by atoms with Gasteiger partial charge in [0.15, 0.2) is 0 Å². The predicted octanol–water partition coefficient (Wildman–Crippen LogP) is 3.81. The van der Waals surface area contributed by atoms with Gasteiger partial charge < -0.3 is 24.9 Å². The maximum absolute atomic E-state index is 13.4. The molecule has 4 aliphatic heterocycles. The number of rotatable bonds is 8. The molecule has 56 heavy (non-hydrogen) atoms. The molecule has 5 amide bonds. The Labute approximate surface area is 331 Å². The highest BCUT2D eigenvalue weighted by atomic mass is 35.5. The Bertz CT molecular complexity index is 2120. The van der Waals surface area contributed by atoms with Gasteiger partial charge in [-0.05, 0) is 97.3 Å². The van der Waals surface area contributed by atoms with Crippen molar-refractivity contribution in [3.05, 3.63) is 93.0 Å². The summed E-state index contributed by atoms with van der Waals surface area (Å²) in [7, 11) is 2.05. The number of benzene rings is 3. The number of piperidine rings is 1. The lowest BCUT2D eigenvalue weighted by Gasteiger charge is -2.36. The van der Waals surface area contributed by atoms with Gasteiger partial charge in [-0.3, -0.25) is 34.2 Å². The number of carbonyl (C=O) groups is 5. The van der Waals surface area contributed by atoms with E-state index < -0.39 is 11.9 Å². The van der Waals surface area contributed by atoms with Gasteiger partial charge in [0, 0.05) is 93.9 Å². The van der Waals surface area contributed by atoms with Crippen LogP contribution in [0.3, 0.4) is 0 Å². The SMILES string of the molecule is CN(c1ccc(C#N)c(Cl)c1)[C@H]1CC[C@H](NC(=O)c2ccc(N3CCN(CC(=O)N4Cc5cc6c(cc5C4)C(=O)N([C@H]4CCC(=O)NC4=O)C6)CC3)cc2)CC1. The summed E-state index contributed by atoms with van der Waals surface area (Å²) < 4.78 is 0. The second kappa shape index (κ2) is 15.6. The molecule has 0 bridgehead atoms. The number of fused-ring (bicyclic) bond motifs is 2. The highest BCUT2D eigenvalue weighted by Crippen LogP contribution is 2.34. The summed E-state index contributed by atoms with van der Waals surface area (Å²) in [6.07, 6.45) is 4.20. The van der Waals surface area contributed by atoms with E-state index in [1.54, 1.807) is 11.0 Å². The number of imide groups is 1. The van der Waals surface area contributed by atoms with Crippen molar-refractivity contribution in [3.63, 3.8) is 0 Å². The van der Waals surface area contributed by atoms with Crippen LogP contribution in [-0.2, 0) is 34.0 Å². The minimum absolute atomic E-state index is 0.0541. The van der Waals surface area contributed by atoms with Crippen LogP contribution < -0.4 is 20.4 Å². The van der Waals surface area contributed by atoms with Crippen molar-refractivity contribution in [2.24, 2.45) is 0 Å². The molecule has 2 saturated heterocycles. The van der Waals surface area contributed by atoms with Gasteiger partial charge in [-0.1, -0.05) is 17.7 Å². The van der Waals surface area contributed by atoms with Crippen molar-refractivity contribution in [1.29, 1.82) is 5.26 Å². The predicted molar refractivity (Wildman–Crippen MR) is 210 cm³/mol. The molecule has 3 fully saturated rings. The second-order valence-corrected chi connectivity index (χ2v) is 16.0. The number of anilines is 2. The van der Waals surface area contributed by atoms with Gasteiger partial charge in [0.1, 0.15) is 12.1 Å². The lowest BCUT2D eigenvalue weighted by atomic mass is 9.90. The van der Waals surface area contributed by atoms with Gasteiger partial charge in [0.2, 0.25) is 17.7 Å². The molecule has 1 aliphatic carbocycles. The first-order chi connectivity index (χ1) is 27.0. The Kier molecular flexibility index (Phi) is 10.4. The summed E-state index contributed by atoms with van der Waals surface area (Å²) in [5.41, 5.74) is 6.55. The molecule has 5 aliphatic rings. The van der Waals surface area contributed by atoms with Crippen molar-refractivity contribution >= 4 is 52.5 Å². The van der Waals surface area contributed by atoms with Gasteiger partial charge in [0.25, 0.3) is 11.8 Å². The fourth-order valence-corrected chi connectivity index (χ4v) is 9.05. The van der Waals surface area contributed by atoms with Crippen LogP contribution in [0, 0.1) is 11.3 Å².